The highest BCUT2D eigenvalue weighted by Crippen LogP contribution is 2.15. The first-order chi connectivity index (χ1) is 11.0. The van der Waals surface area contributed by atoms with Crippen molar-refractivity contribution in [3.8, 4) is 5.75 Å². The average molecular weight is 336 g/mol. The molecule has 2 aromatic rings. The van der Waals surface area contributed by atoms with Gasteiger partial charge >= 0.3 is 6.61 Å². The quantitative estimate of drug-likeness (QED) is 0.777. The number of hydrogen-bond acceptors (Lipinski definition) is 2. The molecule has 0 unspecified atom stereocenters. The van der Waals surface area contributed by atoms with E-state index in [1.165, 1.54) is 12.1 Å². The minimum Gasteiger partial charge on any atom is -0.435 e. The van der Waals surface area contributed by atoms with Crippen molar-refractivity contribution in [2.75, 3.05) is 11.9 Å². The van der Waals surface area contributed by atoms with Crippen molar-refractivity contribution in [1.82, 2.24) is 5.32 Å². The van der Waals surface area contributed by atoms with Crippen LogP contribution in [0.25, 0.3) is 0 Å². The van der Waals surface area contributed by atoms with Gasteiger partial charge < -0.3 is 15.4 Å². The fourth-order valence-corrected chi connectivity index (χ4v) is 2.25. The minimum atomic E-state index is -2.80. The number of alkyl halides is 2. The SMILES string of the molecule is Cc1ccccc1NC(=S)NCCc1ccc(OC(F)F)cc1. The van der Waals surface area contributed by atoms with Crippen LogP contribution in [0.2, 0.25) is 0 Å². The standard InChI is InChI=1S/C17H18F2N2OS/c1-12-4-2-3-5-15(12)21-17(23)20-11-10-13-6-8-14(9-7-13)22-16(18)19/h2-9,16H,10-11H2,1H3,(H2,20,21,23). The van der Waals surface area contributed by atoms with Crippen molar-refractivity contribution in [2.24, 2.45) is 0 Å². The van der Waals surface area contributed by atoms with E-state index < -0.39 is 6.61 Å². The first-order valence-corrected chi connectivity index (χ1v) is 7.59. The molecule has 0 spiro atoms. The van der Waals surface area contributed by atoms with Gasteiger partial charge in [0.15, 0.2) is 5.11 Å². The van der Waals surface area contributed by atoms with Gasteiger partial charge in [0.05, 0.1) is 0 Å². The van der Waals surface area contributed by atoms with Gasteiger partial charge in [-0.15, -0.1) is 0 Å². The van der Waals surface area contributed by atoms with Gasteiger partial charge in [-0.05, 0) is 54.9 Å². The summed E-state index contributed by atoms with van der Waals surface area (Å²) in [5.74, 6) is 0.161. The van der Waals surface area contributed by atoms with Crippen molar-refractivity contribution in [3.63, 3.8) is 0 Å². The maximum Gasteiger partial charge on any atom is 0.387 e. The Bertz CT molecular complexity index is 647. The third-order valence-electron chi connectivity index (χ3n) is 3.24. The summed E-state index contributed by atoms with van der Waals surface area (Å²) in [5.41, 5.74) is 3.10. The highest BCUT2D eigenvalue weighted by Gasteiger charge is 2.04. The summed E-state index contributed by atoms with van der Waals surface area (Å²) in [6, 6.07) is 14.5. The van der Waals surface area contributed by atoms with E-state index in [0.29, 0.717) is 11.7 Å². The molecule has 6 heteroatoms. The molecule has 2 N–H and O–H groups in total. The number of benzene rings is 2. The Morgan fingerprint density at radius 3 is 2.48 bits per heavy atom. The Hall–Kier alpha value is -2.21. The van der Waals surface area contributed by atoms with Crippen LogP contribution in [0.15, 0.2) is 48.5 Å². The molecule has 0 radical (unpaired) electrons. The number of halogens is 2. The average Bonchev–Trinajstić information content (AvgIpc) is 2.51. The van der Waals surface area contributed by atoms with Gasteiger partial charge in [-0.3, -0.25) is 0 Å². The van der Waals surface area contributed by atoms with Crippen molar-refractivity contribution in [3.05, 3.63) is 59.7 Å². The topological polar surface area (TPSA) is 33.3 Å². The normalized spacial score (nSPS) is 10.4. The lowest BCUT2D eigenvalue weighted by atomic mass is 10.1. The summed E-state index contributed by atoms with van der Waals surface area (Å²) in [6.07, 6.45) is 0.727. The van der Waals surface area contributed by atoms with E-state index in [2.05, 4.69) is 15.4 Å². The maximum absolute atomic E-state index is 12.1. The smallest absolute Gasteiger partial charge is 0.387 e. The number of rotatable bonds is 6. The predicted octanol–water partition coefficient (Wildman–Crippen LogP) is 4.13. The molecule has 122 valence electrons. The molecule has 2 rings (SSSR count). The molecule has 0 aliphatic rings. The van der Waals surface area contributed by atoms with Crippen LogP contribution in [0.3, 0.4) is 0 Å². The van der Waals surface area contributed by atoms with Crippen LogP contribution in [0.4, 0.5) is 14.5 Å². The zero-order valence-corrected chi connectivity index (χ0v) is 13.5. The van der Waals surface area contributed by atoms with Crippen LogP contribution >= 0.6 is 12.2 Å². The Labute approximate surface area is 139 Å². The van der Waals surface area contributed by atoms with E-state index in [1.54, 1.807) is 12.1 Å². The zero-order valence-electron chi connectivity index (χ0n) is 12.7. The van der Waals surface area contributed by atoms with Crippen molar-refractivity contribution in [2.45, 2.75) is 20.0 Å². The lowest BCUT2D eigenvalue weighted by Gasteiger charge is -2.12. The maximum atomic E-state index is 12.1. The van der Waals surface area contributed by atoms with Gasteiger partial charge in [0.1, 0.15) is 5.75 Å². The molecule has 0 bridgehead atoms. The number of hydrogen-bond donors (Lipinski definition) is 2. The van der Waals surface area contributed by atoms with Crippen molar-refractivity contribution in [1.29, 1.82) is 0 Å². The summed E-state index contributed by atoms with van der Waals surface area (Å²) in [7, 11) is 0. The molecule has 0 fully saturated rings. The molecule has 2 aromatic carbocycles. The monoisotopic (exact) mass is 336 g/mol. The largest absolute Gasteiger partial charge is 0.435 e. The summed E-state index contributed by atoms with van der Waals surface area (Å²) < 4.78 is 28.4. The van der Waals surface area contributed by atoms with Crippen LogP contribution in [-0.4, -0.2) is 18.3 Å². The fourth-order valence-electron chi connectivity index (χ4n) is 2.04. The highest BCUT2D eigenvalue weighted by molar-refractivity contribution is 7.80. The summed E-state index contributed by atoms with van der Waals surface area (Å²) in [6.45, 7) is -0.145. The molecule has 0 saturated carbocycles. The van der Waals surface area contributed by atoms with E-state index in [4.69, 9.17) is 12.2 Å². The predicted molar refractivity (Wildman–Crippen MR) is 92.2 cm³/mol. The molecular formula is C17H18F2N2OS. The number of aryl methyl sites for hydroxylation is 1. The molecule has 0 aromatic heterocycles. The second kappa shape index (κ2) is 8.43. The molecule has 0 atom stereocenters. The number of para-hydroxylation sites is 1. The van der Waals surface area contributed by atoms with Crippen LogP contribution in [0, 0.1) is 6.92 Å². The molecule has 0 amide bonds. The number of ether oxygens (including phenoxy) is 1. The van der Waals surface area contributed by atoms with E-state index in [9.17, 15) is 8.78 Å². The molecule has 0 saturated heterocycles. The molecular weight excluding hydrogens is 318 g/mol. The molecule has 23 heavy (non-hydrogen) atoms. The Morgan fingerprint density at radius 1 is 1.13 bits per heavy atom. The molecule has 0 aliphatic heterocycles. The Balaban J connectivity index is 1.76. The summed E-state index contributed by atoms with van der Waals surface area (Å²) in [5, 5.41) is 6.82. The third kappa shape index (κ3) is 5.83. The van der Waals surface area contributed by atoms with E-state index in [1.807, 2.05) is 31.2 Å². The van der Waals surface area contributed by atoms with E-state index in [-0.39, 0.29) is 5.75 Å². The lowest BCUT2D eigenvalue weighted by Crippen LogP contribution is -2.30. The van der Waals surface area contributed by atoms with Crippen molar-refractivity contribution < 1.29 is 13.5 Å². The van der Waals surface area contributed by atoms with Gasteiger partial charge in [-0.2, -0.15) is 8.78 Å². The Morgan fingerprint density at radius 2 is 1.83 bits per heavy atom. The number of nitrogens with one attached hydrogen (secondary N) is 2. The third-order valence-corrected chi connectivity index (χ3v) is 3.49. The fraction of sp³-hybridized carbons (Fsp3) is 0.235. The lowest BCUT2D eigenvalue weighted by molar-refractivity contribution is -0.0498. The molecule has 0 aliphatic carbocycles. The van der Waals surface area contributed by atoms with Gasteiger partial charge in [0, 0.05) is 12.2 Å². The van der Waals surface area contributed by atoms with Crippen LogP contribution in [0.1, 0.15) is 11.1 Å². The number of anilines is 1. The Kier molecular flexibility index (Phi) is 6.29. The van der Waals surface area contributed by atoms with Gasteiger partial charge in [-0.25, -0.2) is 0 Å². The van der Waals surface area contributed by atoms with Gasteiger partial charge in [-0.1, -0.05) is 30.3 Å². The van der Waals surface area contributed by atoms with E-state index in [0.717, 1.165) is 23.2 Å². The zero-order chi connectivity index (χ0) is 16.7. The van der Waals surface area contributed by atoms with Crippen LogP contribution in [-0.2, 0) is 6.42 Å². The van der Waals surface area contributed by atoms with Gasteiger partial charge in [0.2, 0.25) is 0 Å². The number of thiocarbonyl (C=S) groups is 1. The summed E-state index contributed by atoms with van der Waals surface area (Å²) in [4.78, 5) is 0. The van der Waals surface area contributed by atoms with Gasteiger partial charge in [0.25, 0.3) is 0 Å². The van der Waals surface area contributed by atoms with E-state index >= 15 is 0 Å². The first-order valence-electron chi connectivity index (χ1n) is 7.19. The molecule has 0 heterocycles. The van der Waals surface area contributed by atoms with Crippen molar-refractivity contribution >= 4 is 23.0 Å². The van der Waals surface area contributed by atoms with Crippen LogP contribution in [0.5, 0.6) is 5.75 Å². The highest BCUT2D eigenvalue weighted by atomic mass is 32.1. The molecule has 3 nitrogen and oxygen atoms in total. The second-order valence-electron chi connectivity index (χ2n) is 4.97. The first kappa shape index (κ1) is 17.1. The second-order valence-corrected chi connectivity index (χ2v) is 5.38. The van der Waals surface area contributed by atoms with Crippen LogP contribution < -0.4 is 15.4 Å². The minimum absolute atomic E-state index is 0.161. The summed E-state index contributed by atoms with van der Waals surface area (Å²) >= 11 is 5.25.